The second kappa shape index (κ2) is 8.12. The van der Waals surface area contributed by atoms with Crippen molar-refractivity contribution < 1.29 is 0 Å². The molecule has 0 bridgehead atoms. The molecule has 0 aromatic heterocycles. The van der Waals surface area contributed by atoms with Crippen molar-refractivity contribution in [2.24, 2.45) is 10.9 Å². The van der Waals surface area contributed by atoms with Crippen molar-refractivity contribution in [3.05, 3.63) is 60.2 Å². The zero-order valence-electron chi connectivity index (χ0n) is 16.5. The van der Waals surface area contributed by atoms with Crippen LogP contribution < -0.4 is 5.32 Å². The van der Waals surface area contributed by atoms with Gasteiger partial charge in [0.15, 0.2) is 0 Å². The molecular weight excluding hydrogens is 328 g/mol. The fourth-order valence-corrected chi connectivity index (χ4v) is 4.18. The van der Waals surface area contributed by atoms with E-state index in [2.05, 4.69) is 73.8 Å². The number of rotatable bonds is 3. The first-order chi connectivity index (χ1) is 13.2. The number of nitrogens with one attached hydrogen (secondary N) is 1. The molecule has 0 spiro atoms. The average molecular weight is 359 g/mol. The third-order valence-electron chi connectivity index (χ3n) is 5.71. The predicted molar refractivity (Wildman–Crippen MR) is 118 cm³/mol. The third-order valence-corrected chi connectivity index (χ3v) is 5.71. The molecule has 2 heteroatoms. The summed E-state index contributed by atoms with van der Waals surface area (Å²) in [6, 6.07) is 20.2. The first-order valence-electron chi connectivity index (χ1n) is 10.4. The van der Waals surface area contributed by atoms with Gasteiger partial charge in [-0.25, -0.2) is 0 Å². The van der Waals surface area contributed by atoms with Crippen LogP contribution >= 0.6 is 0 Å². The molecule has 0 aliphatic carbocycles. The van der Waals surface area contributed by atoms with Crippen LogP contribution in [0.25, 0.3) is 21.5 Å². The Hall–Kier alpha value is -2.35. The Morgan fingerprint density at radius 1 is 0.815 bits per heavy atom. The topological polar surface area (TPSA) is 24.4 Å². The summed E-state index contributed by atoms with van der Waals surface area (Å²) in [4.78, 5) is 5.20. The highest BCUT2D eigenvalue weighted by Crippen LogP contribution is 2.32. The largest absolute Gasteiger partial charge is 0.374 e. The maximum atomic E-state index is 5.20. The molecule has 1 atom stereocenters. The van der Waals surface area contributed by atoms with E-state index in [1.54, 1.807) is 0 Å². The standard InChI is InChI=1S/C25H30N2/c1-18(2)25(27-24-11-5-3-4-8-16-26-24)21-15-14-20-13-12-19-9-6-7-10-22(19)23(20)17-21/h6-7,9-10,12-15,17-18,25H,3-5,8,11,16H2,1-2H3,(H,26,27). The third kappa shape index (κ3) is 4.00. The van der Waals surface area contributed by atoms with Gasteiger partial charge in [-0.3, -0.25) is 4.99 Å². The molecule has 0 amide bonds. The summed E-state index contributed by atoms with van der Waals surface area (Å²) in [6.45, 7) is 5.63. The molecule has 0 saturated carbocycles. The number of aliphatic imine (C=N–C) groups is 1. The van der Waals surface area contributed by atoms with E-state index < -0.39 is 0 Å². The quantitative estimate of drug-likeness (QED) is 0.521. The summed E-state index contributed by atoms with van der Waals surface area (Å²) in [5, 5.41) is 8.86. The van der Waals surface area contributed by atoms with E-state index in [1.807, 2.05) is 0 Å². The summed E-state index contributed by atoms with van der Waals surface area (Å²) in [5.41, 5.74) is 1.32. The van der Waals surface area contributed by atoms with E-state index in [1.165, 1.54) is 58.6 Å². The number of fused-ring (bicyclic) bond motifs is 3. The summed E-state index contributed by atoms with van der Waals surface area (Å²) < 4.78 is 0. The molecule has 0 radical (unpaired) electrons. The maximum Gasteiger partial charge on any atom is 0.0970 e. The van der Waals surface area contributed by atoms with Crippen LogP contribution in [0.4, 0.5) is 0 Å². The lowest BCUT2D eigenvalue weighted by Crippen LogP contribution is -2.27. The maximum absolute atomic E-state index is 5.20. The van der Waals surface area contributed by atoms with Gasteiger partial charge in [0.2, 0.25) is 0 Å². The molecule has 3 aromatic rings. The molecular formula is C25H30N2. The van der Waals surface area contributed by atoms with Crippen molar-refractivity contribution in [3.8, 4) is 0 Å². The first-order valence-corrected chi connectivity index (χ1v) is 10.4. The van der Waals surface area contributed by atoms with E-state index >= 15 is 0 Å². The van der Waals surface area contributed by atoms with Crippen LogP contribution in [0.3, 0.4) is 0 Å². The molecule has 1 N–H and O–H groups in total. The number of amidine groups is 1. The van der Waals surface area contributed by atoms with Gasteiger partial charge in [0.1, 0.15) is 0 Å². The predicted octanol–water partition coefficient (Wildman–Crippen LogP) is 6.64. The smallest absolute Gasteiger partial charge is 0.0970 e. The van der Waals surface area contributed by atoms with E-state index in [0.29, 0.717) is 5.92 Å². The minimum atomic E-state index is 0.204. The average Bonchev–Trinajstić information content (AvgIpc) is 2.66. The molecule has 1 aliphatic rings. The molecule has 3 aromatic carbocycles. The van der Waals surface area contributed by atoms with E-state index in [4.69, 9.17) is 4.99 Å². The Kier molecular flexibility index (Phi) is 5.42. The van der Waals surface area contributed by atoms with Gasteiger partial charge in [-0.15, -0.1) is 0 Å². The number of nitrogens with zero attached hydrogens (tertiary/aromatic N) is 1. The van der Waals surface area contributed by atoms with Gasteiger partial charge in [0.25, 0.3) is 0 Å². The van der Waals surface area contributed by atoms with Crippen molar-refractivity contribution in [2.45, 2.75) is 52.0 Å². The highest BCUT2D eigenvalue weighted by molar-refractivity contribution is 6.07. The number of hydrogen-bond acceptors (Lipinski definition) is 1. The van der Waals surface area contributed by atoms with Gasteiger partial charge in [-0.2, -0.15) is 0 Å². The van der Waals surface area contributed by atoms with Gasteiger partial charge in [-0.1, -0.05) is 75.2 Å². The van der Waals surface area contributed by atoms with Crippen LogP contribution in [-0.4, -0.2) is 12.4 Å². The zero-order chi connectivity index (χ0) is 18.6. The SMILES string of the molecule is CC(C)C(/N=C1/CCCCCCN1)c1ccc2ccc3ccccc3c2c1. The van der Waals surface area contributed by atoms with Crippen molar-refractivity contribution in [1.29, 1.82) is 0 Å². The molecule has 2 nitrogen and oxygen atoms in total. The zero-order valence-corrected chi connectivity index (χ0v) is 16.5. The Morgan fingerprint density at radius 3 is 2.41 bits per heavy atom. The minimum Gasteiger partial charge on any atom is -0.374 e. The van der Waals surface area contributed by atoms with Crippen molar-refractivity contribution in [3.63, 3.8) is 0 Å². The molecule has 1 heterocycles. The summed E-state index contributed by atoms with van der Waals surface area (Å²) in [5.74, 6) is 1.67. The van der Waals surface area contributed by atoms with E-state index in [9.17, 15) is 0 Å². The lowest BCUT2D eigenvalue weighted by Gasteiger charge is -2.22. The van der Waals surface area contributed by atoms with Gasteiger partial charge in [0, 0.05) is 13.0 Å². The van der Waals surface area contributed by atoms with E-state index in [0.717, 1.165) is 13.0 Å². The van der Waals surface area contributed by atoms with E-state index in [-0.39, 0.29) is 6.04 Å². The van der Waals surface area contributed by atoms with Crippen LogP contribution in [0.15, 0.2) is 59.6 Å². The Balaban J connectivity index is 1.76. The Bertz CT molecular complexity index is 945. The Labute approximate surface area is 162 Å². The van der Waals surface area contributed by atoms with Crippen LogP contribution in [-0.2, 0) is 0 Å². The molecule has 1 unspecified atom stereocenters. The van der Waals surface area contributed by atoms with Gasteiger partial charge < -0.3 is 5.32 Å². The highest BCUT2D eigenvalue weighted by Gasteiger charge is 2.17. The van der Waals surface area contributed by atoms with Gasteiger partial charge in [-0.05, 0) is 51.9 Å². The molecule has 1 saturated heterocycles. The lowest BCUT2D eigenvalue weighted by molar-refractivity contribution is 0.509. The summed E-state index contributed by atoms with van der Waals surface area (Å²) >= 11 is 0. The minimum absolute atomic E-state index is 0.204. The first kappa shape index (κ1) is 18.0. The fourth-order valence-electron chi connectivity index (χ4n) is 4.18. The van der Waals surface area contributed by atoms with Crippen LogP contribution in [0, 0.1) is 5.92 Å². The van der Waals surface area contributed by atoms with Crippen molar-refractivity contribution >= 4 is 27.4 Å². The fraction of sp³-hybridized carbons (Fsp3) is 0.400. The molecule has 140 valence electrons. The molecule has 27 heavy (non-hydrogen) atoms. The van der Waals surface area contributed by atoms with Crippen LogP contribution in [0.1, 0.15) is 57.6 Å². The normalized spacial score (nSPS) is 18.4. The van der Waals surface area contributed by atoms with Crippen molar-refractivity contribution in [1.82, 2.24) is 5.32 Å². The van der Waals surface area contributed by atoms with Gasteiger partial charge in [0.05, 0.1) is 11.9 Å². The van der Waals surface area contributed by atoms with Gasteiger partial charge >= 0.3 is 0 Å². The molecule has 4 rings (SSSR count). The molecule has 1 fully saturated rings. The monoisotopic (exact) mass is 358 g/mol. The number of hydrogen-bond donors (Lipinski definition) is 1. The van der Waals surface area contributed by atoms with Crippen molar-refractivity contribution in [2.75, 3.05) is 6.54 Å². The highest BCUT2D eigenvalue weighted by atomic mass is 15.0. The second-order valence-electron chi connectivity index (χ2n) is 8.12. The Morgan fingerprint density at radius 2 is 1.56 bits per heavy atom. The number of benzene rings is 3. The summed E-state index contributed by atoms with van der Waals surface area (Å²) in [6.07, 6.45) is 6.26. The second-order valence-corrected chi connectivity index (χ2v) is 8.12. The lowest BCUT2D eigenvalue weighted by atomic mass is 9.92. The summed E-state index contributed by atoms with van der Waals surface area (Å²) in [7, 11) is 0. The van der Waals surface area contributed by atoms with Crippen LogP contribution in [0.5, 0.6) is 0 Å². The van der Waals surface area contributed by atoms with Crippen LogP contribution in [0.2, 0.25) is 0 Å². The molecule has 1 aliphatic heterocycles.